The van der Waals surface area contributed by atoms with Gasteiger partial charge in [-0.25, -0.2) is 4.79 Å². The molecule has 0 heterocycles. The first kappa shape index (κ1) is 14.4. The zero-order valence-corrected chi connectivity index (χ0v) is 10.4. The number of methoxy groups -OCH3 is 1. The first-order chi connectivity index (χ1) is 8.43. The van der Waals surface area contributed by atoms with Crippen molar-refractivity contribution in [2.75, 3.05) is 14.2 Å². The van der Waals surface area contributed by atoms with E-state index in [9.17, 15) is 13.6 Å². The van der Waals surface area contributed by atoms with Crippen molar-refractivity contribution in [3.8, 4) is 5.75 Å². The molecule has 100 valence electrons. The number of esters is 1. The Morgan fingerprint density at radius 3 is 2.28 bits per heavy atom. The fourth-order valence-corrected chi connectivity index (χ4v) is 1.54. The predicted molar refractivity (Wildman–Crippen MR) is 61.5 cm³/mol. The summed E-state index contributed by atoms with van der Waals surface area (Å²) in [4.78, 5) is 11.7. The van der Waals surface area contributed by atoms with Crippen molar-refractivity contribution in [2.45, 2.75) is 19.1 Å². The van der Waals surface area contributed by atoms with E-state index in [2.05, 4.69) is 10.1 Å². The lowest BCUT2D eigenvalue weighted by molar-refractivity contribution is -0.148. The van der Waals surface area contributed by atoms with Crippen molar-refractivity contribution in [3.63, 3.8) is 0 Å². The minimum atomic E-state index is -2.87. The molecule has 1 rings (SSSR count). The Bertz CT molecular complexity index is 408. The van der Waals surface area contributed by atoms with Crippen LogP contribution in [0.4, 0.5) is 8.78 Å². The van der Waals surface area contributed by atoms with E-state index in [1.54, 1.807) is 14.0 Å². The highest BCUT2D eigenvalue weighted by Gasteiger charge is 2.34. The van der Waals surface area contributed by atoms with Gasteiger partial charge in [-0.2, -0.15) is 8.78 Å². The van der Waals surface area contributed by atoms with Gasteiger partial charge in [0.15, 0.2) is 0 Å². The van der Waals surface area contributed by atoms with Gasteiger partial charge in [-0.1, -0.05) is 12.1 Å². The molecule has 4 nitrogen and oxygen atoms in total. The van der Waals surface area contributed by atoms with Crippen LogP contribution in [0.25, 0.3) is 0 Å². The molecule has 1 aromatic rings. The number of halogens is 2. The van der Waals surface area contributed by atoms with E-state index in [0.29, 0.717) is 5.56 Å². The van der Waals surface area contributed by atoms with Crippen LogP contribution in [0.3, 0.4) is 0 Å². The maximum atomic E-state index is 12.0. The summed E-state index contributed by atoms with van der Waals surface area (Å²) >= 11 is 0. The largest absolute Gasteiger partial charge is 0.467 e. The van der Waals surface area contributed by atoms with Gasteiger partial charge in [0, 0.05) is 0 Å². The summed E-state index contributed by atoms with van der Waals surface area (Å²) in [6.45, 7) is -1.23. The molecule has 1 N–H and O–H groups in total. The molecule has 6 heteroatoms. The number of ether oxygens (including phenoxy) is 2. The normalized spacial score (nSPS) is 14.1. The molecule has 0 spiro atoms. The molecule has 1 atom stereocenters. The second kappa shape index (κ2) is 5.77. The summed E-state index contributed by atoms with van der Waals surface area (Å²) in [6, 6.07) is 5.82. The van der Waals surface area contributed by atoms with Gasteiger partial charge < -0.3 is 14.8 Å². The van der Waals surface area contributed by atoms with E-state index in [1.165, 1.54) is 31.4 Å². The van der Waals surface area contributed by atoms with E-state index < -0.39 is 18.1 Å². The molecular weight excluding hydrogens is 244 g/mol. The minimum absolute atomic E-state index is 0.0390. The summed E-state index contributed by atoms with van der Waals surface area (Å²) in [7, 11) is 2.90. The van der Waals surface area contributed by atoms with Crippen molar-refractivity contribution in [1.29, 1.82) is 0 Å². The van der Waals surface area contributed by atoms with Crippen LogP contribution in [0.5, 0.6) is 5.75 Å². The third kappa shape index (κ3) is 2.95. The smallest absolute Gasteiger partial charge is 0.387 e. The van der Waals surface area contributed by atoms with Crippen LogP contribution in [-0.2, 0) is 15.1 Å². The quantitative estimate of drug-likeness (QED) is 0.820. The molecule has 0 bridgehead atoms. The fourth-order valence-electron chi connectivity index (χ4n) is 1.54. The van der Waals surface area contributed by atoms with Crippen molar-refractivity contribution < 1.29 is 23.0 Å². The molecule has 0 radical (unpaired) electrons. The molecule has 0 saturated carbocycles. The number of carbonyl (C=O) groups is 1. The van der Waals surface area contributed by atoms with Crippen LogP contribution in [0, 0.1) is 0 Å². The van der Waals surface area contributed by atoms with Crippen molar-refractivity contribution in [1.82, 2.24) is 5.32 Å². The van der Waals surface area contributed by atoms with E-state index in [0.717, 1.165) is 0 Å². The highest BCUT2D eigenvalue weighted by atomic mass is 19.3. The molecule has 0 aliphatic heterocycles. The number of likely N-dealkylation sites (N-methyl/N-ethyl adjacent to an activating group) is 1. The summed E-state index contributed by atoms with van der Waals surface area (Å²) in [5, 5.41) is 2.84. The van der Waals surface area contributed by atoms with E-state index in [4.69, 9.17) is 4.74 Å². The van der Waals surface area contributed by atoms with Gasteiger partial charge in [-0.05, 0) is 31.7 Å². The van der Waals surface area contributed by atoms with Crippen molar-refractivity contribution >= 4 is 5.97 Å². The number of hydrogen-bond donors (Lipinski definition) is 1. The third-order valence-electron chi connectivity index (χ3n) is 2.75. The molecule has 0 amide bonds. The topological polar surface area (TPSA) is 47.6 Å². The van der Waals surface area contributed by atoms with Crippen LogP contribution < -0.4 is 10.1 Å². The Morgan fingerprint density at radius 1 is 1.33 bits per heavy atom. The molecule has 0 aliphatic carbocycles. The molecular formula is C12H15F2NO3. The SMILES string of the molecule is CNC(C)(C(=O)OC)c1ccc(OC(F)F)cc1. The first-order valence-electron chi connectivity index (χ1n) is 5.26. The van der Waals surface area contributed by atoms with Gasteiger partial charge in [0.1, 0.15) is 11.3 Å². The van der Waals surface area contributed by atoms with E-state index >= 15 is 0 Å². The van der Waals surface area contributed by atoms with Crippen molar-refractivity contribution in [2.24, 2.45) is 0 Å². The van der Waals surface area contributed by atoms with Crippen LogP contribution in [0.2, 0.25) is 0 Å². The first-order valence-corrected chi connectivity index (χ1v) is 5.26. The number of hydrogen-bond acceptors (Lipinski definition) is 4. The number of benzene rings is 1. The van der Waals surface area contributed by atoms with Crippen LogP contribution in [-0.4, -0.2) is 26.7 Å². The van der Waals surface area contributed by atoms with Gasteiger partial charge in [0.25, 0.3) is 0 Å². The molecule has 0 aromatic heterocycles. The Hall–Kier alpha value is -1.69. The highest BCUT2D eigenvalue weighted by Crippen LogP contribution is 2.24. The predicted octanol–water partition coefficient (Wildman–Crippen LogP) is 1.90. The molecule has 1 aromatic carbocycles. The minimum Gasteiger partial charge on any atom is -0.467 e. The van der Waals surface area contributed by atoms with Gasteiger partial charge in [-0.15, -0.1) is 0 Å². The second-order valence-electron chi connectivity index (χ2n) is 3.77. The number of rotatable bonds is 5. The lowest BCUT2D eigenvalue weighted by Crippen LogP contribution is -2.45. The Morgan fingerprint density at radius 2 is 1.89 bits per heavy atom. The number of nitrogens with one attached hydrogen (secondary N) is 1. The summed E-state index contributed by atoms with van der Waals surface area (Å²) < 4.78 is 32.9. The van der Waals surface area contributed by atoms with E-state index in [1.807, 2.05) is 0 Å². The number of alkyl halides is 2. The van der Waals surface area contributed by atoms with Gasteiger partial charge in [-0.3, -0.25) is 0 Å². The van der Waals surface area contributed by atoms with E-state index in [-0.39, 0.29) is 5.75 Å². The van der Waals surface area contributed by atoms with Gasteiger partial charge in [0.05, 0.1) is 7.11 Å². The molecule has 0 saturated heterocycles. The second-order valence-corrected chi connectivity index (χ2v) is 3.77. The maximum Gasteiger partial charge on any atom is 0.387 e. The molecule has 18 heavy (non-hydrogen) atoms. The zero-order chi connectivity index (χ0) is 13.8. The summed E-state index contributed by atoms with van der Waals surface area (Å²) in [5.41, 5.74) is -0.434. The number of carbonyl (C=O) groups excluding carboxylic acids is 1. The lowest BCUT2D eigenvalue weighted by Gasteiger charge is -2.26. The summed E-state index contributed by atoms with van der Waals surface area (Å²) in [6.07, 6.45) is 0. The average Bonchev–Trinajstić information content (AvgIpc) is 2.37. The molecule has 1 unspecified atom stereocenters. The van der Waals surface area contributed by atoms with Crippen LogP contribution in [0.1, 0.15) is 12.5 Å². The summed E-state index contributed by atoms with van der Waals surface area (Å²) in [5.74, 6) is -0.426. The van der Waals surface area contributed by atoms with Crippen LogP contribution >= 0.6 is 0 Å². The fraction of sp³-hybridized carbons (Fsp3) is 0.417. The standard InChI is InChI=1S/C12H15F2NO3/c1-12(15-2,10(16)17-3)8-4-6-9(7-5-8)18-11(13)14/h4-7,11,15H,1-3H3. The highest BCUT2D eigenvalue weighted by molar-refractivity contribution is 5.82. The zero-order valence-electron chi connectivity index (χ0n) is 10.4. The van der Waals surface area contributed by atoms with Gasteiger partial charge in [0.2, 0.25) is 0 Å². The Balaban J connectivity index is 2.98. The molecule has 0 fully saturated rings. The third-order valence-corrected chi connectivity index (χ3v) is 2.75. The Labute approximate surface area is 104 Å². The van der Waals surface area contributed by atoms with Crippen molar-refractivity contribution in [3.05, 3.63) is 29.8 Å². The van der Waals surface area contributed by atoms with Crippen LogP contribution in [0.15, 0.2) is 24.3 Å². The monoisotopic (exact) mass is 259 g/mol. The molecule has 0 aliphatic rings. The van der Waals surface area contributed by atoms with Gasteiger partial charge >= 0.3 is 12.6 Å². The lowest BCUT2D eigenvalue weighted by atomic mass is 9.92. The average molecular weight is 259 g/mol. The Kier molecular flexibility index (Phi) is 4.61. The maximum absolute atomic E-state index is 12.0.